The van der Waals surface area contributed by atoms with E-state index in [4.69, 9.17) is 0 Å². The van der Waals surface area contributed by atoms with Crippen LogP contribution in [0.25, 0.3) is 0 Å². The Labute approximate surface area is 111 Å². The lowest BCUT2D eigenvalue weighted by molar-refractivity contribution is -0.0323. The molecule has 6 fully saturated rings. The predicted molar refractivity (Wildman–Crippen MR) is 71.6 cm³/mol. The zero-order valence-corrected chi connectivity index (χ0v) is 11.9. The Morgan fingerprint density at radius 1 is 0.444 bits per heavy atom. The molecule has 0 N–H and O–H groups in total. The first-order valence-corrected chi connectivity index (χ1v) is 8.70. The van der Waals surface area contributed by atoms with E-state index >= 15 is 0 Å². The molecule has 0 heteroatoms. The lowest BCUT2D eigenvalue weighted by Gasteiger charge is -2.50. The molecule has 12 atom stereocenters. The van der Waals surface area contributed by atoms with Gasteiger partial charge in [0.2, 0.25) is 0 Å². The second-order valence-corrected chi connectivity index (χ2v) is 9.17. The van der Waals surface area contributed by atoms with Crippen molar-refractivity contribution in [1.29, 1.82) is 0 Å². The fourth-order valence-electron chi connectivity index (χ4n) is 7.95. The molecule has 18 heavy (non-hydrogen) atoms. The van der Waals surface area contributed by atoms with Crippen molar-refractivity contribution < 1.29 is 0 Å². The number of hydrogen-bond acceptors (Lipinski definition) is 0. The summed E-state index contributed by atoms with van der Waals surface area (Å²) in [5.41, 5.74) is 0. The van der Waals surface area contributed by atoms with Crippen molar-refractivity contribution in [3.8, 4) is 0 Å². The van der Waals surface area contributed by atoms with Crippen LogP contribution < -0.4 is 0 Å². The van der Waals surface area contributed by atoms with Crippen LogP contribution >= 0.6 is 0 Å². The van der Waals surface area contributed by atoms with E-state index in [2.05, 4.69) is 20.8 Å². The summed E-state index contributed by atoms with van der Waals surface area (Å²) in [6, 6.07) is 0. The van der Waals surface area contributed by atoms with Gasteiger partial charge in [-0.25, -0.2) is 0 Å². The van der Waals surface area contributed by atoms with Gasteiger partial charge in [-0.2, -0.15) is 0 Å². The maximum absolute atomic E-state index is 2.57. The van der Waals surface area contributed by atoms with Crippen LogP contribution in [0.4, 0.5) is 0 Å². The minimum absolute atomic E-state index is 1.12. The summed E-state index contributed by atoms with van der Waals surface area (Å²) in [6.07, 6.45) is 3.28. The van der Waals surface area contributed by atoms with Crippen LogP contribution in [0.5, 0.6) is 0 Å². The molecule has 6 aliphatic carbocycles. The van der Waals surface area contributed by atoms with E-state index in [1.807, 2.05) is 0 Å². The lowest BCUT2D eigenvalue weighted by atomic mass is 9.54. The highest BCUT2D eigenvalue weighted by molar-refractivity contribution is 5.25. The standard InChI is InChI=1S/C18H26/c1-6-9-4-11(13(6)9)17-15-8(3)16(15)18(17)12-5-10-7(2)14(10)12/h6-18H,4-5H2,1-3H3. The molecular formula is C18H26. The van der Waals surface area contributed by atoms with Crippen LogP contribution in [0.1, 0.15) is 33.6 Å². The summed E-state index contributed by atoms with van der Waals surface area (Å²) >= 11 is 0. The van der Waals surface area contributed by atoms with Gasteiger partial charge in [-0.15, -0.1) is 0 Å². The Kier molecular flexibility index (Phi) is 1.41. The van der Waals surface area contributed by atoms with Crippen molar-refractivity contribution in [2.24, 2.45) is 76.9 Å². The molecule has 0 spiro atoms. The van der Waals surface area contributed by atoms with E-state index in [1.54, 1.807) is 12.8 Å². The third-order valence-electron chi connectivity index (χ3n) is 9.19. The highest BCUT2D eigenvalue weighted by Crippen LogP contribution is 2.82. The van der Waals surface area contributed by atoms with Gasteiger partial charge in [-0.05, 0) is 89.8 Å². The van der Waals surface area contributed by atoms with Gasteiger partial charge < -0.3 is 0 Å². The van der Waals surface area contributed by atoms with Gasteiger partial charge in [-0.3, -0.25) is 0 Å². The average molecular weight is 242 g/mol. The second kappa shape index (κ2) is 2.59. The van der Waals surface area contributed by atoms with Gasteiger partial charge >= 0.3 is 0 Å². The number of fused-ring (bicyclic) bond motifs is 3. The molecule has 0 aromatic heterocycles. The zero-order valence-electron chi connectivity index (χ0n) is 11.9. The van der Waals surface area contributed by atoms with Crippen LogP contribution in [-0.4, -0.2) is 0 Å². The second-order valence-electron chi connectivity index (χ2n) is 9.17. The first-order valence-electron chi connectivity index (χ1n) is 8.70. The summed E-state index contributed by atoms with van der Waals surface area (Å²) in [6.45, 7) is 7.62. The minimum Gasteiger partial charge on any atom is -0.0619 e. The number of rotatable bonds is 2. The smallest absolute Gasteiger partial charge is 0.0315 e. The molecule has 0 heterocycles. The predicted octanol–water partition coefficient (Wildman–Crippen LogP) is 3.92. The van der Waals surface area contributed by atoms with Gasteiger partial charge in [-0.1, -0.05) is 20.8 Å². The minimum atomic E-state index is 1.12. The highest BCUT2D eigenvalue weighted by Gasteiger charge is 2.78. The van der Waals surface area contributed by atoms with Crippen molar-refractivity contribution in [2.75, 3.05) is 0 Å². The van der Waals surface area contributed by atoms with Gasteiger partial charge in [0.05, 0.1) is 0 Å². The van der Waals surface area contributed by atoms with Crippen molar-refractivity contribution in [2.45, 2.75) is 33.6 Å². The van der Waals surface area contributed by atoms with Crippen LogP contribution in [-0.2, 0) is 0 Å². The molecule has 6 rings (SSSR count). The normalized spacial score (nSPS) is 81.2. The fourth-order valence-corrected chi connectivity index (χ4v) is 7.95. The van der Waals surface area contributed by atoms with E-state index in [0.29, 0.717) is 0 Å². The van der Waals surface area contributed by atoms with E-state index in [9.17, 15) is 0 Å². The topological polar surface area (TPSA) is 0 Å². The summed E-state index contributed by atoms with van der Waals surface area (Å²) in [7, 11) is 0. The van der Waals surface area contributed by atoms with Crippen molar-refractivity contribution in [1.82, 2.24) is 0 Å². The number of hydrogen-bond donors (Lipinski definition) is 0. The monoisotopic (exact) mass is 242 g/mol. The molecule has 98 valence electrons. The fraction of sp³-hybridized carbons (Fsp3) is 1.00. The van der Waals surface area contributed by atoms with Crippen molar-refractivity contribution in [3.63, 3.8) is 0 Å². The third kappa shape index (κ3) is 0.826. The Bertz CT molecular complexity index is 391. The molecule has 0 radical (unpaired) electrons. The van der Waals surface area contributed by atoms with E-state index in [1.165, 1.54) is 59.2 Å². The highest BCUT2D eigenvalue weighted by atomic mass is 14.8. The maximum Gasteiger partial charge on any atom is -0.0315 e. The summed E-state index contributed by atoms with van der Waals surface area (Å²) in [5, 5.41) is 0. The lowest BCUT2D eigenvalue weighted by Crippen LogP contribution is -2.46. The summed E-state index contributed by atoms with van der Waals surface area (Å²) < 4.78 is 0. The first kappa shape index (κ1) is 9.83. The molecule has 0 aromatic rings. The van der Waals surface area contributed by atoms with Gasteiger partial charge in [0, 0.05) is 0 Å². The van der Waals surface area contributed by atoms with E-state index < -0.39 is 0 Å². The quantitative estimate of drug-likeness (QED) is 0.688. The largest absolute Gasteiger partial charge is 0.0619 e. The van der Waals surface area contributed by atoms with Crippen LogP contribution in [0.3, 0.4) is 0 Å². The Balaban J connectivity index is 1.26. The Morgan fingerprint density at radius 2 is 0.889 bits per heavy atom. The molecule has 0 bridgehead atoms. The molecule has 0 nitrogen and oxygen atoms in total. The van der Waals surface area contributed by atoms with E-state index in [0.717, 1.165) is 17.8 Å². The van der Waals surface area contributed by atoms with E-state index in [-0.39, 0.29) is 0 Å². The molecule has 0 aliphatic heterocycles. The summed E-state index contributed by atoms with van der Waals surface area (Å²) in [5.74, 6) is 15.4. The Morgan fingerprint density at radius 3 is 1.17 bits per heavy atom. The molecule has 6 aliphatic rings. The first-order chi connectivity index (χ1) is 8.70. The zero-order chi connectivity index (χ0) is 11.9. The maximum atomic E-state index is 2.57. The third-order valence-corrected chi connectivity index (χ3v) is 9.19. The van der Waals surface area contributed by atoms with Crippen molar-refractivity contribution >= 4 is 0 Å². The molecule has 6 saturated carbocycles. The molecule has 12 unspecified atom stereocenters. The molecule has 0 saturated heterocycles. The van der Waals surface area contributed by atoms with Gasteiger partial charge in [0.15, 0.2) is 0 Å². The molecule has 0 amide bonds. The molecule has 0 aromatic carbocycles. The van der Waals surface area contributed by atoms with Crippen LogP contribution in [0.15, 0.2) is 0 Å². The van der Waals surface area contributed by atoms with Crippen LogP contribution in [0.2, 0.25) is 0 Å². The SMILES string of the molecule is CC1C2CC(C3C4C(C)C4C3C3CC4C(C)C43)C12. The summed E-state index contributed by atoms with van der Waals surface area (Å²) in [4.78, 5) is 0. The molecular weight excluding hydrogens is 216 g/mol. The van der Waals surface area contributed by atoms with Gasteiger partial charge in [0.1, 0.15) is 0 Å². The van der Waals surface area contributed by atoms with Gasteiger partial charge in [0.25, 0.3) is 0 Å². The Hall–Kier alpha value is 0. The van der Waals surface area contributed by atoms with Crippen LogP contribution in [0, 0.1) is 76.9 Å². The van der Waals surface area contributed by atoms with Crippen molar-refractivity contribution in [3.05, 3.63) is 0 Å². The average Bonchev–Trinajstić information content (AvgIpc) is 3.08.